The van der Waals surface area contributed by atoms with Crippen molar-refractivity contribution in [1.82, 2.24) is 4.90 Å². The predicted octanol–water partition coefficient (Wildman–Crippen LogP) is 2.26. The van der Waals surface area contributed by atoms with Crippen molar-refractivity contribution in [3.63, 3.8) is 0 Å². The van der Waals surface area contributed by atoms with Crippen LogP contribution in [0.15, 0.2) is 24.3 Å². The van der Waals surface area contributed by atoms with E-state index in [9.17, 15) is 4.79 Å². The maximum Gasteiger partial charge on any atom is 0.219 e. The summed E-state index contributed by atoms with van der Waals surface area (Å²) in [5.74, 6) is 0.0837. The molecule has 2 rings (SSSR count). The number of carbonyl (C=O) groups is 1. The van der Waals surface area contributed by atoms with E-state index in [0.717, 1.165) is 5.56 Å². The van der Waals surface area contributed by atoms with Crippen molar-refractivity contribution >= 4 is 17.5 Å². The number of hydrogen-bond acceptors (Lipinski definition) is 2. The summed E-state index contributed by atoms with van der Waals surface area (Å²) in [5, 5.41) is 0.693. The number of benzene rings is 1. The van der Waals surface area contributed by atoms with Crippen LogP contribution in [0.3, 0.4) is 0 Å². The van der Waals surface area contributed by atoms with Gasteiger partial charge < -0.3 is 9.64 Å². The van der Waals surface area contributed by atoms with Crippen LogP contribution in [0.4, 0.5) is 0 Å². The predicted molar refractivity (Wildman–Crippen MR) is 62.4 cm³/mol. The molecule has 0 bridgehead atoms. The minimum absolute atomic E-state index is 0.0837. The lowest BCUT2D eigenvalue weighted by Gasteiger charge is -2.32. The Hall–Kier alpha value is -1.06. The van der Waals surface area contributed by atoms with Gasteiger partial charge in [0.2, 0.25) is 5.91 Å². The summed E-state index contributed by atoms with van der Waals surface area (Å²) in [6, 6.07) is 7.60. The van der Waals surface area contributed by atoms with Gasteiger partial charge >= 0.3 is 0 Å². The molecule has 1 aliphatic rings. The fourth-order valence-corrected chi connectivity index (χ4v) is 2.12. The van der Waals surface area contributed by atoms with E-state index in [0.29, 0.717) is 24.7 Å². The Morgan fingerprint density at radius 1 is 1.50 bits per heavy atom. The lowest BCUT2D eigenvalue weighted by atomic mass is 10.1. The van der Waals surface area contributed by atoms with E-state index in [4.69, 9.17) is 16.3 Å². The number of rotatable bonds is 1. The molecule has 0 aliphatic carbocycles. The molecule has 1 amide bonds. The molecule has 1 saturated heterocycles. The molecule has 1 fully saturated rings. The van der Waals surface area contributed by atoms with Gasteiger partial charge in [0.15, 0.2) is 0 Å². The van der Waals surface area contributed by atoms with Gasteiger partial charge in [-0.15, -0.1) is 0 Å². The quantitative estimate of drug-likeness (QED) is 0.753. The Kier molecular flexibility index (Phi) is 3.46. The number of carbonyl (C=O) groups excluding carboxylic acids is 1. The summed E-state index contributed by atoms with van der Waals surface area (Å²) in [5.41, 5.74) is 0.954. The molecule has 0 spiro atoms. The van der Waals surface area contributed by atoms with Crippen molar-refractivity contribution < 1.29 is 9.53 Å². The second kappa shape index (κ2) is 4.85. The lowest BCUT2D eigenvalue weighted by molar-refractivity contribution is -0.136. The van der Waals surface area contributed by atoms with Crippen LogP contribution in [0.1, 0.15) is 18.6 Å². The summed E-state index contributed by atoms with van der Waals surface area (Å²) >= 11 is 6.10. The topological polar surface area (TPSA) is 29.5 Å². The molecule has 0 N–H and O–H groups in total. The SMILES string of the molecule is CC(=O)N1CCO[C@H](c2ccccc2Cl)C1. The zero-order valence-corrected chi connectivity index (χ0v) is 9.91. The molecule has 1 heterocycles. The van der Waals surface area contributed by atoms with Crippen LogP contribution in [0, 0.1) is 0 Å². The summed E-state index contributed by atoms with van der Waals surface area (Å²) in [6.07, 6.45) is -0.105. The molecular weight excluding hydrogens is 226 g/mol. The van der Waals surface area contributed by atoms with Crippen LogP contribution in [-0.4, -0.2) is 30.5 Å². The van der Waals surface area contributed by atoms with Gasteiger partial charge in [-0.05, 0) is 6.07 Å². The Balaban J connectivity index is 2.16. The van der Waals surface area contributed by atoms with E-state index in [2.05, 4.69) is 0 Å². The average Bonchev–Trinajstić information content (AvgIpc) is 2.30. The number of nitrogens with zero attached hydrogens (tertiary/aromatic N) is 1. The number of morpholine rings is 1. The highest BCUT2D eigenvalue weighted by Gasteiger charge is 2.24. The Labute approximate surface area is 100.0 Å². The van der Waals surface area contributed by atoms with Crippen LogP contribution in [0.25, 0.3) is 0 Å². The largest absolute Gasteiger partial charge is 0.370 e. The van der Waals surface area contributed by atoms with Crippen molar-refractivity contribution in [3.8, 4) is 0 Å². The molecular formula is C12H14ClNO2. The molecule has 0 unspecified atom stereocenters. The van der Waals surface area contributed by atoms with Gasteiger partial charge in [0.25, 0.3) is 0 Å². The molecule has 1 aliphatic heterocycles. The van der Waals surface area contributed by atoms with E-state index in [1.54, 1.807) is 11.8 Å². The van der Waals surface area contributed by atoms with Crippen molar-refractivity contribution in [3.05, 3.63) is 34.9 Å². The summed E-state index contributed by atoms with van der Waals surface area (Å²) in [4.78, 5) is 13.1. The Morgan fingerprint density at radius 2 is 2.25 bits per heavy atom. The monoisotopic (exact) mass is 239 g/mol. The Bertz CT molecular complexity index is 394. The highest BCUT2D eigenvalue weighted by Crippen LogP contribution is 2.28. The third-order valence-corrected chi connectivity index (χ3v) is 3.11. The first kappa shape index (κ1) is 11.4. The molecule has 3 nitrogen and oxygen atoms in total. The van der Waals surface area contributed by atoms with E-state index in [1.165, 1.54) is 0 Å². The molecule has 1 aromatic carbocycles. The highest BCUT2D eigenvalue weighted by atomic mass is 35.5. The highest BCUT2D eigenvalue weighted by molar-refractivity contribution is 6.31. The first-order valence-corrected chi connectivity index (χ1v) is 5.68. The molecule has 16 heavy (non-hydrogen) atoms. The summed E-state index contributed by atoms with van der Waals surface area (Å²) < 4.78 is 5.65. The second-order valence-corrected chi connectivity index (χ2v) is 4.25. The van der Waals surface area contributed by atoms with Gasteiger partial charge in [0.1, 0.15) is 6.10 Å². The van der Waals surface area contributed by atoms with Crippen molar-refractivity contribution in [2.75, 3.05) is 19.7 Å². The molecule has 1 atom stereocenters. The third kappa shape index (κ3) is 2.36. The van der Waals surface area contributed by atoms with Gasteiger partial charge in [-0.2, -0.15) is 0 Å². The van der Waals surface area contributed by atoms with Crippen molar-refractivity contribution in [2.24, 2.45) is 0 Å². The van der Waals surface area contributed by atoms with Gasteiger partial charge in [-0.1, -0.05) is 29.8 Å². The van der Waals surface area contributed by atoms with Crippen LogP contribution < -0.4 is 0 Å². The number of amides is 1. The first-order chi connectivity index (χ1) is 7.68. The minimum atomic E-state index is -0.105. The fraction of sp³-hybridized carbons (Fsp3) is 0.417. The molecule has 0 aromatic heterocycles. The van der Waals surface area contributed by atoms with Gasteiger partial charge in [-0.3, -0.25) is 4.79 Å². The average molecular weight is 240 g/mol. The summed E-state index contributed by atoms with van der Waals surface area (Å²) in [6.45, 7) is 3.39. The molecule has 1 aromatic rings. The number of halogens is 1. The van der Waals surface area contributed by atoms with E-state index >= 15 is 0 Å². The normalized spacial score (nSPS) is 20.9. The molecule has 86 valence electrons. The third-order valence-electron chi connectivity index (χ3n) is 2.76. The standard InChI is InChI=1S/C12H14ClNO2/c1-9(15)14-6-7-16-12(8-14)10-4-2-3-5-11(10)13/h2-5,12H,6-8H2,1H3/t12-/m0/s1. The van der Waals surface area contributed by atoms with Crippen LogP contribution >= 0.6 is 11.6 Å². The van der Waals surface area contributed by atoms with E-state index in [1.807, 2.05) is 24.3 Å². The van der Waals surface area contributed by atoms with Crippen LogP contribution in [0.2, 0.25) is 5.02 Å². The zero-order valence-electron chi connectivity index (χ0n) is 9.15. The minimum Gasteiger partial charge on any atom is -0.370 e. The van der Waals surface area contributed by atoms with E-state index < -0.39 is 0 Å². The first-order valence-electron chi connectivity index (χ1n) is 5.30. The number of hydrogen-bond donors (Lipinski definition) is 0. The molecule has 4 heteroatoms. The Morgan fingerprint density at radius 3 is 2.94 bits per heavy atom. The maximum absolute atomic E-state index is 11.3. The zero-order chi connectivity index (χ0) is 11.5. The molecule has 0 saturated carbocycles. The van der Waals surface area contributed by atoms with Gasteiger partial charge in [0.05, 0.1) is 13.2 Å². The maximum atomic E-state index is 11.3. The fourth-order valence-electron chi connectivity index (χ4n) is 1.86. The van der Waals surface area contributed by atoms with E-state index in [-0.39, 0.29) is 12.0 Å². The van der Waals surface area contributed by atoms with Crippen molar-refractivity contribution in [1.29, 1.82) is 0 Å². The lowest BCUT2D eigenvalue weighted by Crippen LogP contribution is -2.41. The second-order valence-electron chi connectivity index (χ2n) is 3.85. The van der Waals surface area contributed by atoms with Gasteiger partial charge in [-0.25, -0.2) is 0 Å². The van der Waals surface area contributed by atoms with Gasteiger partial charge in [0, 0.05) is 24.1 Å². The van der Waals surface area contributed by atoms with Crippen LogP contribution in [0.5, 0.6) is 0 Å². The van der Waals surface area contributed by atoms with Crippen molar-refractivity contribution in [2.45, 2.75) is 13.0 Å². The molecule has 0 radical (unpaired) electrons. The number of ether oxygens (including phenoxy) is 1. The summed E-state index contributed by atoms with van der Waals surface area (Å²) in [7, 11) is 0. The van der Waals surface area contributed by atoms with Crippen LogP contribution in [-0.2, 0) is 9.53 Å². The smallest absolute Gasteiger partial charge is 0.219 e.